The van der Waals surface area contributed by atoms with E-state index in [0.29, 0.717) is 13.0 Å². The van der Waals surface area contributed by atoms with Crippen molar-refractivity contribution in [2.75, 3.05) is 11.9 Å². The lowest BCUT2D eigenvalue weighted by Crippen LogP contribution is -2.56. The lowest BCUT2D eigenvalue weighted by atomic mass is 9.70. The van der Waals surface area contributed by atoms with E-state index in [9.17, 15) is 19.5 Å². The first-order chi connectivity index (χ1) is 18.6. The minimum Gasteiger partial charge on any atom is -0.394 e. The van der Waals surface area contributed by atoms with Crippen LogP contribution >= 0.6 is 27.7 Å². The molecule has 2 aromatic carbocycles. The molecular formula is C30H36BrN3O4S. The maximum absolute atomic E-state index is 14.3. The highest BCUT2D eigenvalue weighted by molar-refractivity contribution is 9.09. The van der Waals surface area contributed by atoms with Gasteiger partial charge < -0.3 is 20.6 Å². The number of anilines is 1. The number of hydrogen-bond acceptors (Lipinski definition) is 5. The van der Waals surface area contributed by atoms with Gasteiger partial charge in [-0.05, 0) is 42.9 Å². The lowest BCUT2D eigenvalue weighted by Gasteiger charge is -2.38. The summed E-state index contributed by atoms with van der Waals surface area (Å²) in [6.45, 7) is 7.91. The van der Waals surface area contributed by atoms with Crippen molar-refractivity contribution in [2.45, 2.75) is 67.6 Å². The molecule has 3 saturated heterocycles. The van der Waals surface area contributed by atoms with Crippen LogP contribution in [0.5, 0.6) is 0 Å². The van der Waals surface area contributed by atoms with E-state index in [4.69, 9.17) is 0 Å². The topological polar surface area (TPSA) is 98.7 Å². The highest BCUT2D eigenvalue weighted by Gasteiger charge is 2.76. The van der Waals surface area contributed by atoms with Gasteiger partial charge in [-0.2, -0.15) is 0 Å². The molecule has 0 radical (unpaired) electrons. The zero-order valence-electron chi connectivity index (χ0n) is 22.7. The van der Waals surface area contributed by atoms with E-state index in [1.807, 2.05) is 76.2 Å². The van der Waals surface area contributed by atoms with Crippen LogP contribution in [0.1, 0.15) is 37.0 Å². The Bertz CT molecular complexity index is 1250. The molecule has 1 spiro atoms. The summed E-state index contributed by atoms with van der Waals surface area (Å²) in [6.07, 6.45) is 0.596. The van der Waals surface area contributed by atoms with Crippen molar-refractivity contribution in [3.63, 3.8) is 0 Å². The van der Waals surface area contributed by atoms with E-state index < -0.39 is 28.7 Å². The molecular weight excluding hydrogens is 578 g/mol. The molecule has 7 nitrogen and oxygen atoms in total. The van der Waals surface area contributed by atoms with Crippen LogP contribution in [0.2, 0.25) is 0 Å². The van der Waals surface area contributed by atoms with Gasteiger partial charge in [-0.3, -0.25) is 14.4 Å². The molecule has 3 heterocycles. The van der Waals surface area contributed by atoms with Gasteiger partial charge in [-0.25, -0.2) is 0 Å². The molecule has 3 unspecified atom stereocenters. The predicted molar refractivity (Wildman–Crippen MR) is 158 cm³/mol. The number of carbonyl (C=O) groups is 3. The average Bonchev–Trinajstić information content (AvgIpc) is 3.49. The SMILES string of the molecule is Cc1cccc(C)c1NC(=O)C1N([C@@H](CO)C(C)C)C(=O)[C@@H]2[C@@H](C(=O)NCc3ccccc3)[C@@H]3SC12CC3Br. The van der Waals surface area contributed by atoms with Crippen LogP contribution < -0.4 is 10.6 Å². The Kier molecular flexibility index (Phi) is 7.87. The molecule has 39 heavy (non-hydrogen) atoms. The number of aliphatic hydroxyl groups excluding tert-OH is 1. The van der Waals surface area contributed by atoms with E-state index >= 15 is 0 Å². The van der Waals surface area contributed by atoms with Gasteiger partial charge in [0.25, 0.3) is 0 Å². The van der Waals surface area contributed by atoms with E-state index in [1.54, 1.807) is 16.7 Å². The number of nitrogens with one attached hydrogen (secondary N) is 2. The van der Waals surface area contributed by atoms with Gasteiger partial charge in [0, 0.05) is 22.3 Å². The number of thioether (sulfide) groups is 1. The minimum absolute atomic E-state index is 0.0129. The summed E-state index contributed by atoms with van der Waals surface area (Å²) >= 11 is 5.41. The molecule has 0 aliphatic carbocycles. The second-order valence-electron chi connectivity index (χ2n) is 11.4. The Balaban J connectivity index is 1.52. The zero-order chi connectivity index (χ0) is 28.1. The summed E-state index contributed by atoms with van der Waals surface area (Å²) in [5.74, 6) is -1.92. The van der Waals surface area contributed by atoms with Crippen LogP contribution in [0.25, 0.3) is 0 Å². The Morgan fingerprint density at radius 3 is 2.38 bits per heavy atom. The first-order valence-electron chi connectivity index (χ1n) is 13.5. The van der Waals surface area contributed by atoms with Crippen molar-refractivity contribution in [2.24, 2.45) is 17.8 Å². The molecule has 3 N–H and O–H groups in total. The predicted octanol–water partition coefficient (Wildman–Crippen LogP) is 4.04. The molecule has 3 fully saturated rings. The molecule has 3 aliphatic heterocycles. The number of nitrogens with zero attached hydrogens (tertiary/aromatic N) is 1. The number of likely N-dealkylation sites (tertiary alicyclic amines) is 1. The number of aryl methyl sites for hydroxylation is 2. The first kappa shape index (κ1) is 28.2. The summed E-state index contributed by atoms with van der Waals surface area (Å²) in [7, 11) is 0. The quantitative estimate of drug-likeness (QED) is 0.390. The summed E-state index contributed by atoms with van der Waals surface area (Å²) in [4.78, 5) is 43.8. The Morgan fingerprint density at radius 1 is 1.10 bits per heavy atom. The fraction of sp³-hybridized carbons (Fsp3) is 0.500. The third-order valence-corrected chi connectivity index (χ3v) is 11.9. The molecule has 5 rings (SSSR count). The second kappa shape index (κ2) is 10.9. The highest BCUT2D eigenvalue weighted by Crippen LogP contribution is 2.68. The number of amides is 3. The zero-order valence-corrected chi connectivity index (χ0v) is 25.1. The average molecular weight is 615 g/mol. The van der Waals surface area contributed by atoms with Crippen molar-refractivity contribution in [3.05, 3.63) is 65.2 Å². The fourth-order valence-electron chi connectivity index (χ4n) is 6.75. The normalized spacial score (nSPS) is 30.0. The van der Waals surface area contributed by atoms with E-state index in [1.165, 1.54) is 0 Å². The molecule has 0 saturated carbocycles. The van der Waals surface area contributed by atoms with Gasteiger partial charge in [0.15, 0.2) is 0 Å². The van der Waals surface area contributed by atoms with Crippen LogP contribution in [0.15, 0.2) is 48.5 Å². The second-order valence-corrected chi connectivity index (χ2v) is 14.1. The number of alkyl halides is 1. The van der Waals surface area contributed by atoms with Gasteiger partial charge >= 0.3 is 0 Å². The lowest BCUT2D eigenvalue weighted by molar-refractivity contribution is -0.143. The van der Waals surface area contributed by atoms with Crippen LogP contribution in [0.3, 0.4) is 0 Å². The first-order valence-corrected chi connectivity index (χ1v) is 15.3. The molecule has 2 bridgehead atoms. The summed E-state index contributed by atoms with van der Waals surface area (Å²) in [6, 6.07) is 14.2. The number of fused-ring (bicyclic) bond motifs is 1. The van der Waals surface area contributed by atoms with E-state index in [2.05, 4.69) is 26.6 Å². The van der Waals surface area contributed by atoms with Crippen molar-refractivity contribution < 1.29 is 19.5 Å². The maximum Gasteiger partial charge on any atom is 0.248 e. The molecule has 3 aliphatic rings. The number of benzene rings is 2. The third kappa shape index (κ3) is 4.70. The van der Waals surface area contributed by atoms with Gasteiger partial charge in [0.1, 0.15) is 6.04 Å². The monoisotopic (exact) mass is 613 g/mol. The van der Waals surface area contributed by atoms with Crippen molar-refractivity contribution in [1.29, 1.82) is 0 Å². The van der Waals surface area contributed by atoms with Crippen LogP contribution in [-0.4, -0.2) is 61.2 Å². The summed E-state index contributed by atoms with van der Waals surface area (Å²) in [5.41, 5.74) is 3.61. The summed E-state index contributed by atoms with van der Waals surface area (Å²) in [5, 5.41) is 16.5. The highest BCUT2D eigenvalue weighted by atomic mass is 79.9. The number of carbonyl (C=O) groups excluding carboxylic acids is 3. The molecule has 7 atom stereocenters. The van der Waals surface area contributed by atoms with Gasteiger partial charge in [0.05, 0.1) is 29.2 Å². The van der Waals surface area contributed by atoms with Crippen molar-refractivity contribution in [1.82, 2.24) is 10.2 Å². The maximum atomic E-state index is 14.3. The van der Waals surface area contributed by atoms with Crippen LogP contribution in [0.4, 0.5) is 5.69 Å². The number of halogens is 1. The van der Waals surface area contributed by atoms with Crippen molar-refractivity contribution in [3.8, 4) is 0 Å². The fourth-order valence-corrected chi connectivity index (χ4v) is 10.4. The largest absolute Gasteiger partial charge is 0.394 e. The van der Waals surface area contributed by atoms with Crippen LogP contribution in [-0.2, 0) is 20.9 Å². The summed E-state index contributed by atoms with van der Waals surface area (Å²) < 4.78 is -0.770. The Labute approximate surface area is 242 Å². The standard InChI is InChI=1S/C30H36BrN3O4S/c1-16(2)21(15-35)34-26(28(37)33-24-17(3)9-8-10-18(24)4)30-13-20(31)25(39-30)22(23(30)29(34)38)27(36)32-14-19-11-6-5-7-12-19/h5-12,16,20-23,25-26,35H,13-15H2,1-4H3,(H,32,36)(H,33,37)/t20?,21-,22+,23-,25+,26?,30?/m0/s1. The number of para-hydroxylation sites is 1. The third-order valence-electron chi connectivity index (χ3n) is 8.63. The van der Waals surface area contributed by atoms with Gasteiger partial charge in [-0.15, -0.1) is 11.8 Å². The van der Waals surface area contributed by atoms with E-state index in [-0.39, 0.29) is 40.3 Å². The Hall–Kier alpha value is -2.36. The number of rotatable bonds is 8. The smallest absolute Gasteiger partial charge is 0.248 e. The number of aliphatic hydroxyl groups is 1. The number of hydrogen-bond donors (Lipinski definition) is 3. The van der Waals surface area contributed by atoms with Crippen LogP contribution in [0, 0.1) is 31.6 Å². The molecule has 208 valence electrons. The molecule has 9 heteroatoms. The van der Waals surface area contributed by atoms with Gasteiger partial charge in [-0.1, -0.05) is 78.3 Å². The van der Waals surface area contributed by atoms with Gasteiger partial charge in [0.2, 0.25) is 17.7 Å². The molecule has 3 amide bonds. The minimum atomic E-state index is -0.810. The molecule has 2 aromatic rings. The van der Waals surface area contributed by atoms with E-state index in [0.717, 1.165) is 22.4 Å². The molecule has 0 aromatic heterocycles. The van der Waals surface area contributed by atoms with Crippen molar-refractivity contribution >= 4 is 51.1 Å². The Morgan fingerprint density at radius 2 is 1.77 bits per heavy atom.